The number of piperidine rings is 1. The second-order valence-corrected chi connectivity index (χ2v) is 11.1. The summed E-state index contributed by atoms with van der Waals surface area (Å²) in [5.41, 5.74) is 4.20. The largest absolute Gasteiger partial charge is 0.467 e. The Labute approximate surface area is 215 Å². The van der Waals surface area contributed by atoms with Crippen LogP contribution in [0.2, 0.25) is 0 Å². The second-order valence-electron chi connectivity index (χ2n) is 10.0. The molecule has 0 spiro atoms. The molecule has 0 radical (unpaired) electrons. The van der Waals surface area contributed by atoms with Gasteiger partial charge in [0.15, 0.2) is 5.16 Å². The van der Waals surface area contributed by atoms with Crippen molar-refractivity contribution >= 4 is 22.8 Å². The predicted octanol–water partition coefficient (Wildman–Crippen LogP) is 4.54. The molecule has 1 aromatic carbocycles. The van der Waals surface area contributed by atoms with E-state index in [9.17, 15) is 4.79 Å². The Morgan fingerprint density at radius 1 is 1.08 bits per heavy atom. The minimum Gasteiger partial charge on any atom is -0.467 e. The lowest BCUT2D eigenvalue weighted by molar-refractivity contribution is 0.184. The molecule has 2 aliphatic rings. The third-order valence-corrected chi connectivity index (χ3v) is 8.74. The Balaban J connectivity index is 1.09. The van der Waals surface area contributed by atoms with Crippen LogP contribution in [0.1, 0.15) is 42.1 Å². The van der Waals surface area contributed by atoms with Gasteiger partial charge in [0.1, 0.15) is 11.6 Å². The third-order valence-electron chi connectivity index (χ3n) is 7.68. The van der Waals surface area contributed by atoms with Crippen LogP contribution in [-0.4, -0.2) is 49.4 Å². The van der Waals surface area contributed by atoms with Crippen molar-refractivity contribution in [3.63, 3.8) is 0 Å². The lowest BCUT2D eigenvalue weighted by Gasteiger charge is -2.32. The van der Waals surface area contributed by atoms with Crippen LogP contribution >= 0.6 is 11.8 Å². The number of likely N-dealkylation sites (tertiary alicyclic amines) is 1. The first-order chi connectivity index (χ1) is 17.7. The van der Waals surface area contributed by atoms with Gasteiger partial charge in [0.25, 0.3) is 5.56 Å². The zero-order valence-electron chi connectivity index (χ0n) is 20.9. The van der Waals surface area contributed by atoms with Crippen molar-refractivity contribution in [3.05, 3.63) is 75.9 Å². The van der Waals surface area contributed by atoms with Crippen LogP contribution in [0, 0.1) is 12.8 Å². The highest BCUT2D eigenvalue weighted by Gasteiger charge is 2.24. The molecule has 8 heteroatoms. The van der Waals surface area contributed by atoms with Gasteiger partial charge in [-0.1, -0.05) is 23.9 Å². The molecule has 3 aromatic heterocycles. The van der Waals surface area contributed by atoms with Crippen molar-refractivity contribution < 1.29 is 4.42 Å². The zero-order chi connectivity index (χ0) is 24.5. The summed E-state index contributed by atoms with van der Waals surface area (Å²) in [5, 5.41) is 0.895. The van der Waals surface area contributed by atoms with Gasteiger partial charge in [-0.05, 0) is 75.9 Å². The minimum absolute atomic E-state index is 0.176. The van der Waals surface area contributed by atoms with E-state index in [-0.39, 0.29) is 5.56 Å². The third kappa shape index (κ3) is 4.76. The maximum Gasteiger partial charge on any atom is 0.257 e. The lowest BCUT2D eigenvalue weighted by Crippen LogP contribution is -2.37. The van der Waals surface area contributed by atoms with E-state index in [2.05, 4.69) is 33.7 Å². The highest BCUT2D eigenvalue weighted by Crippen LogP contribution is 2.26. The van der Waals surface area contributed by atoms with Crippen molar-refractivity contribution in [2.45, 2.75) is 57.3 Å². The normalized spacial score (nSPS) is 17.0. The molecule has 0 aliphatic carbocycles. The first-order valence-corrected chi connectivity index (χ1v) is 14.1. The van der Waals surface area contributed by atoms with Gasteiger partial charge in [-0.15, -0.1) is 0 Å². The average molecular weight is 504 g/mol. The molecule has 36 heavy (non-hydrogen) atoms. The SMILES string of the molecule is Cc1nc2n(c(=O)c1CCN1CCC(Cc3nc4ccccc4n3Cc3ccco3)CC1)CCCS2. The Morgan fingerprint density at radius 3 is 2.78 bits per heavy atom. The highest BCUT2D eigenvalue weighted by atomic mass is 32.2. The highest BCUT2D eigenvalue weighted by molar-refractivity contribution is 7.99. The summed E-state index contributed by atoms with van der Waals surface area (Å²) in [6.07, 6.45) is 6.86. The van der Waals surface area contributed by atoms with Gasteiger partial charge in [-0.2, -0.15) is 0 Å². The minimum atomic E-state index is 0.176. The molecule has 6 rings (SSSR count). The van der Waals surface area contributed by atoms with Crippen LogP contribution in [0.15, 0.2) is 57.0 Å². The maximum atomic E-state index is 13.1. The fourth-order valence-electron chi connectivity index (χ4n) is 5.62. The van der Waals surface area contributed by atoms with Crippen LogP contribution in [0.25, 0.3) is 11.0 Å². The number of rotatable bonds is 7. The molecule has 0 N–H and O–H groups in total. The first kappa shape index (κ1) is 23.6. The Kier molecular flexibility index (Phi) is 6.71. The van der Waals surface area contributed by atoms with Crippen LogP contribution in [0.4, 0.5) is 0 Å². The van der Waals surface area contributed by atoms with Crippen molar-refractivity contribution in [2.24, 2.45) is 5.92 Å². The second kappa shape index (κ2) is 10.3. The van der Waals surface area contributed by atoms with Crippen molar-refractivity contribution in [2.75, 3.05) is 25.4 Å². The Bertz CT molecular complexity index is 1400. The average Bonchev–Trinajstić information content (AvgIpc) is 3.53. The lowest BCUT2D eigenvalue weighted by atomic mass is 9.93. The van der Waals surface area contributed by atoms with Gasteiger partial charge < -0.3 is 13.9 Å². The van der Waals surface area contributed by atoms with Crippen molar-refractivity contribution in [3.8, 4) is 0 Å². The molecule has 4 aromatic rings. The van der Waals surface area contributed by atoms with Crippen LogP contribution in [0.5, 0.6) is 0 Å². The topological polar surface area (TPSA) is 69.1 Å². The molecule has 0 bridgehead atoms. The van der Waals surface area contributed by atoms with E-state index in [1.807, 2.05) is 23.6 Å². The van der Waals surface area contributed by atoms with Crippen LogP contribution in [-0.2, 0) is 25.9 Å². The molecule has 188 valence electrons. The number of aryl methyl sites for hydroxylation is 1. The number of fused-ring (bicyclic) bond motifs is 2. The van der Waals surface area contributed by atoms with E-state index < -0.39 is 0 Å². The van der Waals surface area contributed by atoms with E-state index in [0.717, 1.165) is 97.6 Å². The number of hydrogen-bond acceptors (Lipinski definition) is 6. The molecular weight excluding hydrogens is 470 g/mol. The number of benzene rings is 1. The van der Waals surface area contributed by atoms with E-state index >= 15 is 0 Å². The number of aromatic nitrogens is 4. The smallest absolute Gasteiger partial charge is 0.257 e. The quantitative estimate of drug-likeness (QED) is 0.345. The molecule has 7 nitrogen and oxygen atoms in total. The number of nitrogens with zero attached hydrogens (tertiary/aromatic N) is 5. The molecular formula is C28H33N5O2S. The van der Waals surface area contributed by atoms with E-state index in [0.29, 0.717) is 12.5 Å². The number of thioether (sulfide) groups is 1. The predicted molar refractivity (Wildman–Crippen MR) is 143 cm³/mol. The van der Waals surface area contributed by atoms with Gasteiger partial charge >= 0.3 is 0 Å². The van der Waals surface area contributed by atoms with Gasteiger partial charge in [0, 0.05) is 36.5 Å². The van der Waals surface area contributed by atoms with Crippen molar-refractivity contribution in [1.82, 2.24) is 24.0 Å². The first-order valence-electron chi connectivity index (χ1n) is 13.1. The zero-order valence-corrected chi connectivity index (χ0v) is 21.7. The molecule has 1 saturated heterocycles. The standard InChI is InChI=1S/C28H33N5O2S/c1-20-23(27(34)32-12-5-17-36-28(32)29-20)11-15-31-13-9-21(10-14-31)18-26-30-24-7-2-3-8-25(24)33(26)19-22-6-4-16-35-22/h2-4,6-8,16,21H,5,9-15,17-19H2,1H3. The van der Waals surface area contributed by atoms with Gasteiger partial charge in [-0.3, -0.25) is 9.36 Å². The molecule has 5 heterocycles. The molecule has 1 fully saturated rings. The summed E-state index contributed by atoms with van der Waals surface area (Å²) in [6.45, 7) is 6.57. The summed E-state index contributed by atoms with van der Waals surface area (Å²) in [6, 6.07) is 12.4. The van der Waals surface area contributed by atoms with Gasteiger partial charge in [0.2, 0.25) is 0 Å². The van der Waals surface area contributed by atoms with Gasteiger partial charge in [-0.25, -0.2) is 9.97 Å². The summed E-state index contributed by atoms with van der Waals surface area (Å²) in [5.74, 6) is 3.77. The summed E-state index contributed by atoms with van der Waals surface area (Å²) in [7, 11) is 0. The fourth-order valence-corrected chi connectivity index (χ4v) is 6.60. The Morgan fingerprint density at radius 2 is 1.94 bits per heavy atom. The number of furan rings is 1. The number of imidazole rings is 1. The molecule has 0 atom stereocenters. The van der Waals surface area contributed by atoms with Gasteiger partial charge in [0.05, 0.1) is 23.8 Å². The molecule has 0 amide bonds. The monoisotopic (exact) mass is 503 g/mol. The van der Waals surface area contributed by atoms with E-state index in [4.69, 9.17) is 14.4 Å². The number of hydrogen-bond donors (Lipinski definition) is 0. The van der Waals surface area contributed by atoms with Crippen molar-refractivity contribution in [1.29, 1.82) is 0 Å². The molecule has 2 aliphatic heterocycles. The summed E-state index contributed by atoms with van der Waals surface area (Å²) >= 11 is 1.70. The molecule has 0 unspecified atom stereocenters. The van der Waals surface area contributed by atoms with E-state index in [1.165, 1.54) is 5.52 Å². The maximum absolute atomic E-state index is 13.1. The fraction of sp³-hybridized carbons (Fsp3) is 0.464. The van der Waals surface area contributed by atoms with E-state index in [1.54, 1.807) is 18.0 Å². The number of para-hydroxylation sites is 2. The van der Waals surface area contributed by atoms with Crippen LogP contribution in [0.3, 0.4) is 0 Å². The van der Waals surface area contributed by atoms with Crippen LogP contribution < -0.4 is 5.56 Å². The Hall–Kier alpha value is -2.84. The molecule has 0 saturated carbocycles. The summed E-state index contributed by atoms with van der Waals surface area (Å²) in [4.78, 5) is 25.3. The summed E-state index contributed by atoms with van der Waals surface area (Å²) < 4.78 is 9.84.